The van der Waals surface area contributed by atoms with E-state index in [1.165, 1.54) is 12.1 Å². The van der Waals surface area contributed by atoms with Crippen LogP contribution in [0.4, 0.5) is 10.1 Å². The summed E-state index contributed by atoms with van der Waals surface area (Å²) in [5, 5.41) is 6.25. The molecular weight excluding hydrogens is 367 g/mol. The van der Waals surface area contributed by atoms with E-state index in [9.17, 15) is 14.0 Å². The summed E-state index contributed by atoms with van der Waals surface area (Å²) < 4.78 is 14.0. The molecule has 1 atom stereocenters. The number of dihydropyridines is 1. The molecule has 0 unspecified atom stereocenters. The van der Waals surface area contributed by atoms with Crippen molar-refractivity contribution in [3.8, 4) is 0 Å². The molecule has 0 spiro atoms. The van der Waals surface area contributed by atoms with Crippen molar-refractivity contribution in [3.05, 3.63) is 88.0 Å². The molecule has 0 saturated heterocycles. The fourth-order valence-electron chi connectivity index (χ4n) is 4.21. The van der Waals surface area contributed by atoms with Gasteiger partial charge >= 0.3 is 0 Å². The van der Waals surface area contributed by atoms with Crippen molar-refractivity contribution in [2.24, 2.45) is 0 Å². The van der Waals surface area contributed by atoms with Crippen LogP contribution in [0.1, 0.15) is 43.2 Å². The second-order valence-electron chi connectivity index (χ2n) is 7.59. The van der Waals surface area contributed by atoms with E-state index >= 15 is 0 Å². The van der Waals surface area contributed by atoms with Crippen molar-refractivity contribution in [1.29, 1.82) is 0 Å². The lowest BCUT2D eigenvalue weighted by molar-refractivity contribution is -0.116. The van der Waals surface area contributed by atoms with E-state index in [-0.39, 0.29) is 17.5 Å². The number of rotatable bonds is 3. The number of para-hydroxylation sites is 1. The van der Waals surface area contributed by atoms with Crippen LogP contribution in [0.25, 0.3) is 0 Å². The number of hydrogen-bond acceptors (Lipinski definition) is 3. The maximum Gasteiger partial charge on any atom is 0.254 e. The number of ketones is 1. The smallest absolute Gasteiger partial charge is 0.254 e. The number of allylic oxidation sites excluding steroid dienone is 3. The molecule has 2 aromatic carbocycles. The van der Waals surface area contributed by atoms with Crippen LogP contribution in [-0.2, 0) is 9.59 Å². The first-order valence-electron chi connectivity index (χ1n) is 9.82. The molecule has 0 fully saturated rings. The highest BCUT2D eigenvalue weighted by Gasteiger charge is 2.38. The number of nitrogens with one attached hydrogen (secondary N) is 2. The zero-order valence-electron chi connectivity index (χ0n) is 16.5. The van der Waals surface area contributed by atoms with Crippen LogP contribution in [0.2, 0.25) is 0 Å². The molecule has 5 heteroatoms. The summed E-state index contributed by atoms with van der Waals surface area (Å²) in [5.41, 5.74) is 4.85. The molecule has 1 amide bonds. The number of aryl methyl sites for hydroxylation is 1. The van der Waals surface area contributed by atoms with Gasteiger partial charge in [-0.05, 0) is 56.0 Å². The summed E-state index contributed by atoms with van der Waals surface area (Å²) in [4.78, 5) is 26.2. The highest BCUT2D eigenvalue weighted by atomic mass is 19.1. The SMILES string of the molecule is CC1=C(C(=O)Nc2ccccc2C)[C@@H](c2cccc(F)c2)C2=C(CCCC2=O)N1. The van der Waals surface area contributed by atoms with Gasteiger partial charge in [-0.25, -0.2) is 4.39 Å². The largest absolute Gasteiger partial charge is 0.362 e. The van der Waals surface area contributed by atoms with Crippen LogP contribution in [0.3, 0.4) is 0 Å². The Morgan fingerprint density at radius 1 is 1.10 bits per heavy atom. The van der Waals surface area contributed by atoms with Gasteiger partial charge in [0, 0.05) is 40.6 Å². The second kappa shape index (κ2) is 7.66. The van der Waals surface area contributed by atoms with Gasteiger partial charge in [0.15, 0.2) is 5.78 Å². The minimum absolute atomic E-state index is 0.0155. The molecule has 148 valence electrons. The monoisotopic (exact) mass is 390 g/mol. The topological polar surface area (TPSA) is 58.2 Å². The maximum absolute atomic E-state index is 14.0. The number of hydrogen-bond donors (Lipinski definition) is 2. The van der Waals surface area contributed by atoms with Crippen molar-refractivity contribution in [1.82, 2.24) is 5.32 Å². The standard InChI is InChI=1S/C24H23FN2O2/c1-14-7-3-4-10-18(14)27-24(29)21-15(2)26-19-11-6-12-20(28)23(19)22(21)16-8-5-9-17(25)13-16/h3-5,7-10,13,22,26H,6,11-12H2,1-2H3,(H,27,29)/t22-/m1/s1. The fraction of sp³-hybridized carbons (Fsp3) is 0.250. The van der Waals surface area contributed by atoms with Gasteiger partial charge in [-0.15, -0.1) is 0 Å². The molecule has 4 nitrogen and oxygen atoms in total. The van der Waals surface area contributed by atoms with E-state index in [4.69, 9.17) is 0 Å². The first-order chi connectivity index (χ1) is 14.0. The van der Waals surface area contributed by atoms with Gasteiger partial charge in [0.1, 0.15) is 5.82 Å². The second-order valence-corrected chi connectivity index (χ2v) is 7.59. The summed E-state index contributed by atoms with van der Waals surface area (Å²) in [6, 6.07) is 13.7. The summed E-state index contributed by atoms with van der Waals surface area (Å²) in [7, 11) is 0. The van der Waals surface area contributed by atoms with Crippen molar-refractivity contribution in [2.45, 2.75) is 39.0 Å². The Bertz CT molecular complexity index is 1070. The Kier molecular flexibility index (Phi) is 5.05. The van der Waals surface area contributed by atoms with Crippen molar-refractivity contribution >= 4 is 17.4 Å². The van der Waals surface area contributed by atoms with E-state index in [0.717, 1.165) is 24.1 Å². The third kappa shape index (κ3) is 3.60. The summed E-state index contributed by atoms with van der Waals surface area (Å²) in [6.45, 7) is 3.76. The molecule has 2 aromatic rings. The Morgan fingerprint density at radius 3 is 2.66 bits per heavy atom. The highest BCUT2D eigenvalue weighted by molar-refractivity contribution is 6.10. The van der Waals surface area contributed by atoms with E-state index in [2.05, 4.69) is 10.6 Å². The molecule has 4 rings (SSSR count). The third-order valence-electron chi connectivity index (χ3n) is 5.60. The minimum Gasteiger partial charge on any atom is -0.362 e. The molecule has 2 aliphatic rings. The lowest BCUT2D eigenvalue weighted by atomic mass is 9.75. The van der Waals surface area contributed by atoms with Crippen molar-refractivity contribution in [2.75, 3.05) is 5.32 Å². The van der Waals surface area contributed by atoms with E-state index in [1.807, 2.05) is 38.1 Å². The Balaban J connectivity index is 1.81. The normalized spacial score (nSPS) is 19.0. The number of anilines is 1. The molecule has 0 aromatic heterocycles. The quantitative estimate of drug-likeness (QED) is 0.796. The lowest BCUT2D eigenvalue weighted by Crippen LogP contribution is -2.35. The predicted molar refractivity (Wildman–Crippen MR) is 111 cm³/mol. The van der Waals surface area contributed by atoms with Crippen LogP contribution in [0.15, 0.2) is 71.1 Å². The van der Waals surface area contributed by atoms with Crippen LogP contribution in [0.5, 0.6) is 0 Å². The van der Waals surface area contributed by atoms with Gasteiger partial charge in [-0.3, -0.25) is 9.59 Å². The Morgan fingerprint density at radius 2 is 1.90 bits per heavy atom. The Hall–Kier alpha value is -3.21. The number of benzene rings is 2. The van der Waals surface area contributed by atoms with Gasteiger partial charge in [-0.2, -0.15) is 0 Å². The van der Waals surface area contributed by atoms with Gasteiger partial charge < -0.3 is 10.6 Å². The van der Waals surface area contributed by atoms with Crippen LogP contribution in [-0.4, -0.2) is 11.7 Å². The first kappa shape index (κ1) is 19.1. The number of amides is 1. The lowest BCUT2D eigenvalue weighted by Gasteiger charge is -2.34. The van der Waals surface area contributed by atoms with Crippen molar-refractivity contribution < 1.29 is 14.0 Å². The zero-order valence-corrected chi connectivity index (χ0v) is 16.5. The summed E-state index contributed by atoms with van der Waals surface area (Å²) in [5.74, 6) is -1.24. The van der Waals surface area contributed by atoms with Gasteiger partial charge in [0.05, 0.1) is 0 Å². The number of halogens is 1. The molecule has 0 radical (unpaired) electrons. The average Bonchev–Trinajstić information content (AvgIpc) is 2.69. The molecule has 0 bridgehead atoms. The average molecular weight is 390 g/mol. The number of Topliss-reactive ketones (excluding diaryl/α,β-unsaturated/α-hetero) is 1. The molecule has 1 aliphatic carbocycles. The maximum atomic E-state index is 14.0. The molecule has 1 heterocycles. The van der Waals surface area contributed by atoms with Crippen LogP contribution in [0, 0.1) is 12.7 Å². The van der Waals surface area contributed by atoms with Crippen LogP contribution >= 0.6 is 0 Å². The molecule has 2 N–H and O–H groups in total. The third-order valence-corrected chi connectivity index (χ3v) is 5.60. The number of carbonyl (C=O) groups is 2. The summed E-state index contributed by atoms with van der Waals surface area (Å²) >= 11 is 0. The molecule has 0 saturated carbocycles. The fourth-order valence-corrected chi connectivity index (χ4v) is 4.21. The molecule has 29 heavy (non-hydrogen) atoms. The summed E-state index contributed by atoms with van der Waals surface area (Å²) in [6.07, 6.45) is 1.97. The minimum atomic E-state index is -0.584. The van der Waals surface area contributed by atoms with Crippen LogP contribution < -0.4 is 10.6 Å². The molecular formula is C24H23FN2O2. The first-order valence-corrected chi connectivity index (χ1v) is 9.82. The Labute approximate surface area is 169 Å². The predicted octanol–water partition coefficient (Wildman–Crippen LogP) is 4.74. The van der Waals surface area contributed by atoms with E-state index < -0.39 is 5.92 Å². The zero-order chi connectivity index (χ0) is 20.5. The number of carbonyl (C=O) groups excluding carboxylic acids is 2. The van der Waals surface area contributed by atoms with E-state index in [1.54, 1.807) is 12.1 Å². The highest BCUT2D eigenvalue weighted by Crippen LogP contribution is 2.42. The van der Waals surface area contributed by atoms with Gasteiger partial charge in [-0.1, -0.05) is 30.3 Å². The van der Waals surface area contributed by atoms with Gasteiger partial charge in [0.2, 0.25) is 0 Å². The van der Waals surface area contributed by atoms with Crippen molar-refractivity contribution in [3.63, 3.8) is 0 Å². The molecule has 1 aliphatic heterocycles. The van der Waals surface area contributed by atoms with Gasteiger partial charge in [0.25, 0.3) is 5.91 Å². The van der Waals surface area contributed by atoms with E-state index in [0.29, 0.717) is 34.5 Å².